The highest BCUT2D eigenvalue weighted by atomic mass is 16.3. The lowest BCUT2D eigenvalue weighted by Crippen LogP contribution is -2.57. The van der Waals surface area contributed by atoms with Crippen LogP contribution in [-0.2, 0) is 49.6 Å². The number of amides is 9. The monoisotopic (exact) mass is 777 g/mol. The van der Waals surface area contributed by atoms with E-state index in [-0.39, 0.29) is 18.8 Å². The third-order valence-electron chi connectivity index (χ3n) is 7.57. The zero-order chi connectivity index (χ0) is 41.3. The molecule has 0 aliphatic heterocycles. The Morgan fingerprint density at radius 2 is 1.09 bits per heavy atom. The van der Waals surface area contributed by atoms with E-state index in [4.69, 9.17) is 17.2 Å². The van der Waals surface area contributed by atoms with Gasteiger partial charge in [0.25, 0.3) is 0 Å². The summed E-state index contributed by atoms with van der Waals surface area (Å²) in [7, 11) is 0. The summed E-state index contributed by atoms with van der Waals surface area (Å²) in [6.07, 6.45) is 2.05. The number of carbonyl (C=O) groups is 9. The average molecular weight is 778 g/mol. The van der Waals surface area contributed by atoms with Gasteiger partial charge in [-0.1, -0.05) is 50.6 Å². The van der Waals surface area contributed by atoms with Crippen molar-refractivity contribution in [2.24, 2.45) is 23.1 Å². The number of rotatable bonds is 25. The molecule has 0 heterocycles. The molecule has 0 fully saturated rings. The second kappa shape index (κ2) is 26.3. The first-order valence-electron chi connectivity index (χ1n) is 17.7. The van der Waals surface area contributed by atoms with Crippen LogP contribution in [0.1, 0.15) is 45.1 Å². The van der Waals surface area contributed by atoms with Crippen molar-refractivity contribution >= 4 is 53.2 Å². The van der Waals surface area contributed by atoms with Gasteiger partial charge in [0.2, 0.25) is 53.2 Å². The molecule has 21 heteroatoms. The topological polar surface area (TPSA) is 348 Å². The van der Waals surface area contributed by atoms with E-state index in [9.17, 15) is 48.3 Å². The molecule has 4 atom stereocenters. The van der Waals surface area contributed by atoms with Gasteiger partial charge in [-0.2, -0.15) is 0 Å². The third-order valence-corrected chi connectivity index (χ3v) is 7.57. The van der Waals surface area contributed by atoms with Crippen molar-refractivity contribution in [3.8, 4) is 0 Å². The summed E-state index contributed by atoms with van der Waals surface area (Å²) in [4.78, 5) is 110. The van der Waals surface area contributed by atoms with Gasteiger partial charge in [0.05, 0.1) is 51.4 Å². The van der Waals surface area contributed by atoms with Crippen molar-refractivity contribution < 1.29 is 48.3 Å². The third kappa shape index (κ3) is 21.1. The summed E-state index contributed by atoms with van der Waals surface area (Å²) >= 11 is 0. The largest absolute Gasteiger partial charge is 0.394 e. The zero-order valence-electron chi connectivity index (χ0n) is 31.1. The minimum Gasteiger partial charge on any atom is -0.394 e. The predicted octanol–water partition coefficient (Wildman–Crippen LogP) is -5.76. The molecule has 9 amide bonds. The van der Waals surface area contributed by atoms with Gasteiger partial charge in [-0.3, -0.25) is 48.5 Å². The fourth-order valence-electron chi connectivity index (χ4n) is 4.58. The molecule has 306 valence electrons. The summed E-state index contributed by atoms with van der Waals surface area (Å²) in [6.45, 7) is 0.382. The Bertz CT molecular complexity index is 1460. The van der Waals surface area contributed by atoms with Crippen molar-refractivity contribution in [1.29, 1.82) is 0 Å². The van der Waals surface area contributed by atoms with Crippen LogP contribution in [0.5, 0.6) is 0 Å². The molecule has 1 rings (SSSR count). The number of imide groups is 1. The van der Waals surface area contributed by atoms with Gasteiger partial charge in [-0.05, 0) is 43.7 Å². The number of benzene rings is 1. The van der Waals surface area contributed by atoms with Gasteiger partial charge < -0.3 is 59.5 Å². The molecule has 0 aliphatic carbocycles. The standard InChI is InChI=1S/C34H55N11O10/c1-20(2)12-24(43-32(53)23(37)13-21-8-4-3-5-9-21)34(55)44-25(19-46)33(54)42-17-29(50)40-15-27(48)38-14-26(47)39-16-28(49)41-18-30(51)45-31(52)22(36)10-6-7-11-35/h3-5,8-9,20,22-25,46H,6-7,10-19,35-37H2,1-2H3,(H,38,48)(H,39,47)(H,40,50)(H,41,49)(H,42,54)(H,43,53)(H,44,55)(H,45,51,52)/t22-,23-,24-,25-/m0/s1. The highest BCUT2D eigenvalue weighted by Crippen LogP contribution is 2.07. The fourth-order valence-corrected chi connectivity index (χ4v) is 4.58. The lowest BCUT2D eigenvalue weighted by Gasteiger charge is -2.24. The van der Waals surface area contributed by atoms with E-state index in [0.29, 0.717) is 25.8 Å². The van der Waals surface area contributed by atoms with Crippen molar-refractivity contribution in [3.05, 3.63) is 35.9 Å². The first kappa shape index (κ1) is 47.5. The van der Waals surface area contributed by atoms with Crippen LogP contribution in [0.15, 0.2) is 30.3 Å². The lowest BCUT2D eigenvalue weighted by molar-refractivity contribution is -0.134. The van der Waals surface area contributed by atoms with Gasteiger partial charge in [-0.15, -0.1) is 0 Å². The molecular formula is C34H55N11O10. The van der Waals surface area contributed by atoms with E-state index >= 15 is 0 Å². The molecular weight excluding hydrogens is 722 g/mol. The predicted molar refractivity (Wildman–Crippen MR) is 198 cm³/mol. The zero-order valence-corrected chi connectivity index (χ0v) is 31.1. The Morgan fingerprint density at radius 3 is 1.58 bits per heavy atom. The number of hydrogen-bond donors (Lipinski definition) is 12. The number of nitrogens with one attached hydrogen (secondary N) is 8. The summed E-state index contributed by atoms with van der Waals surface area (Å²) in [6, 6.07) is 4.65. The van der Waals surface area contributed by atoms with Crippen LogP contribution in [0, 0.1) is 5.92 Å². The van der Waals surface area contributed by atoms with E-state index < -0.39 is 117 Å². The molecule has 0 radical (unpaired) electrons. The van der Waals surface area contributed by atoms with Gasteiger partial charge in [0.1, 0.15) is 12.1 Å². The molecule has 21 nitrogen and oxygen atoms in total. The van der Waals surface area contributed by atoms with Crippen molar-refractivity contribution in [2.75, 3.05) is 45.9 Å². The second-order valence-electron chi connectivity index (χ2n) is 12.9. The summed E-state index contributed by atoms with van der Waals surface area (Å²) in [5, 5.41) is 27.8. The summed E-state index contributed by atoms with van der Waals surface area (Å²) in [5.41, 5.74) is 17.9. The number of aliphatic hydroxyl groups is 1. The summed E-state index contributed by atoms with van der Waals surface area (Å²) < 4.78 is 0. The maximum atomic E-state index is 13.0. The van der Waals surface area contributed by atoms with Crippen LogP contribution in [0.4, 0.5) is 0 Å². The average Bonchev–Trinajstić information content (AvgIpc) is 3.15. The quantitative estimate of drug-likeness (QED) is 0.0413. The van der Waals surface area contributed by atoms with Crippen LogP contribution in [0.3, 0.4) is 0 Å². The molecule has 0 bridgehead atoms. The van der Waals surface area contributed by atoms with Crippen molar-refractivity contribution in [2.45, 2.75) is 70.1 Å². The normalized spacial score (nSPS) is 12.9. The molecule has 1 aromatic carbocycles. The number of hydrogen-bond acceptors (Lipinski definition) is 13. The Balaban J connectivity index is 2.40. The Hall–Kier alpha value is -5.51. The second-order valence-corrected chi connectivity index (χ2v) is 12.9. The molecule has 0 aliphatic rings. The highest BCUT2D eigenvalue weighted by molar-refractivity contribution is 6.00. The van der Waals surface area contributed by atoms with Crippen molar-refractivity contribution in [3.63, 3.8) is 0 Å². The van der Waals surface area contributed by atoms with Crippen LogP contribution < -0.4 is 59.7 Å². The van der Waals surface area contributed by atoms with Gasteiger partial charge in [-0.25, -0.2) is 0 Å². The molecule has 0 unspecified atom stereocenters. The SMILES string of the molecule is CC(C)C[C@H](NC(=O)[C@@H](N)Cc1ccccc1)C(=O)N[C@@H](CO)C(=O)NCC(=O)NCC(=O)NCC(=O)NCC(=O)NCC(=O)NC(=O)[C@@H](N)CCCCN. The Kier molecular flexibility index (Phi) is 22.7. The number of nitrogens with two attached hydrogens (primary N) is 3. The van der Waals surface area contributed by atoms with E-state index in [1.54, 1.807) is 12.1 Å². The molecule has 0 spiro atoms. The van der Waals surface area contributed by atoms with E-state index in [1.165, 1.54) is 0 Å². The molecule has 0 saturated heterocycles. The maximum Gasteiger partial charge on any atom is 0.245 e. The van der Waals surface area contributed by atoms with Crippen LogP contribution in [-0.4, -0.2) is 128 Å². The number of carbonyl (C=O) groups excluding carboxylic acids is 9. The van der Waals surface area contributed by atoms with Gasteiger partial charge >= 0.3 is 0 Å². The van der Waals surface area contributed by atoms with Gasteiger partial charge in [0, 0.05) is 0 Å². The molecule has 15 N–H and O–H groups in total. The highest BCUT2D eigenvalue weighted by Gasteiger charge is 2.29. The minimum atomic E-state index is -1.48. The molecule has 55 heavy (non-hydrogen) atoms. The smallest absolute Gasteiger partial charge is 0.245 e. The first-order valence-corrected chi connectivity index (χ1v) is 17.7. The van der Waals surface area contributed by atoms with Crippen LogP contribution in [0.2, 0.25) is 0 Å². The molecule has 0 saturated carbocycles. The minimum absolute atomic E-state index is 0.0432. The number of unbranched alkanes of at least 4 members (excludes halogenated alkanes) is 1. The summed E-state index contributed by atoms with van der Waals surface area (Å²) in [5.74, 6) is -6.92. The van der Waals surface area contributed by atoms with E-state index in [2.05, 4.69) is 42.5 Å². The maximum absolute atomic E-state index is 13.0. The first-order chi connectivity index (χ1) is 26.1. The number of aliphatic hydroxyl groups excluding tert-OH is 1. The Labute approximate surface area is 318 Å². The van der Waals surface area contributed by atoms with Gasteiger partial charge in [0.15, 0.2) is 0 Å². The lowest BCUT2D eigenvalue weighted by atomic mass is 10.0. The van der Waals surface area contributed by atoms with Crippen LogP contribution in [0.25, 0.3) is 0 Å². The fraction of sp³-hybridized carbons (Fsp3) is 0.559. The Morgan fingerprint density at radius 1 is 0.600 bits per heavy atom. The van der Waals surface area contributed by atoms with E-state index in [1.807, 2.05) is 32.0 Å². The molecule has 1 aromatic rings. The molecule has 0 aromatic heterocycles. The van der Waals surface area contributed by atoms with Crippen LogP contribution >= 0.6 is 0 Å². The van der Waals surface area contributed by atoms with E-state index in [0.717, 1.165) is 5.56 Å². The van der Waals surface area contributed by atoms with Crippen molar-refractivity contribution in [1.82, 2.24) is 42.5 Å².